The van der Waals surface area contributed by atoms with Crippen LogP contribution in [0.1, 0.15) is 53.4 Å². The predicted octanol–water partition coefficient (Wildman–Crippen LogP) is 4.61. The molecule has 0 aliphatic carbocycles. The molecule has 2 N–H and O–H groups in total. The van der Waals surface area contributed by atoms with Crippen molar-refractivity contribution in [2.45, 2.75) is 39.8 Å². The second-order valence-corrected chi connectivity index (χ2v) is 9.53. The Labute approximate surface area is 234 Å². The van der Waals surface area contributed by atoms with Gasteiger partial charge in [-0.15, -0.1) is 0 Å². The molecule has 0 aromatic heterocycles. The number of anilines is 1. The van der Waals surface area contributed by atoms with Crippen molar-refractivity contribution in [2.24, 2.45) is 0 Å². The van der Waals surface area contributed by atoms with E-state index in [1.165, 1.54) is 6.92 Å². The quantitative estimate of drug-likeness (QED) is 0.322. The molecule has 0 bridgehead atoms. The van der Waals surface area contributed by atoms with Gasteiger partial charge in [-0.1, -0.05) is 35.9 Å². The van der Waals surface area contributed by atoms with Gasteiger partial charge in [0.2, 0.25) is 18.6 Å². The van der Waals surface area contributed by atoms with Crippen molar-refractivity contribution in [3.63, 3.8) is 0 Å². The van der Waals surface area contributed by atoms with E-state index >= 15 is 0 Å². The molecular weight excluding hydrogens is 510 g/mol. The number of benzene rings is 3. The molecule has 0 unspecified atom stereocenters. The number of rotatable bonds is 12. The number of aryl methyl sites for hydroxylation is 1. The zero-order valence-corrected chi connectivity index (χ0v) is 23.1. The summed E-state index contributed by atoms with van der Waals surface area (Å²) in [5.74, 6) is 0.407. The van der Waals surface area contributed by atoms with Gasteiger partial charge in [0.15, 0.2) is 11.5 Å². The van der Waals surface area contributed by atoms with Gasteiger partial charge in [0.05, 0.1) is 0 Å². The number of carbonyl (C=O) groups excluding carboxylic acids is 3. The van der Waals surface area contributed by atoms with E-state index in [2.05, 4.69) is 10.6 Å². The fourth-order valence-corrected chi connectivity index (χ4v) is 4.43. The lowest BCUT2D eigenvalue weighted by molar-refractivity contribution is -0.126. The van der Waals surface area contributed by atoms with E-state index in [0.29, 0.717) is 54.5 Å². The minimum Gasteiger partial charge on any atom is -0.454 e. The largest absolute Gasteiger partial charge is 0.454 e. The molecule has 1 aliphatic rings. The van der Waals surface area contributed by atoms with Crippen LogP contribution in [0.15, 0.2) is 66.7 Å². The van der Waals surface area contributed by atoms with Gasteiger partial charge in [-0.25, -0.2) is 0 Å². The van der Waals surface area contributed by atoms with Crippen LogP contribution in [0.4, 0.5) is 5.69 Å². The highest BCUT2D eigenvalue weighted by Crippen LogP contribution is 2.34. The Morgan fingerprint density at radius 3 is 2.40 bits per heavy atom. The Morgan fingerprint density at radius 1 is 0.975 bits per heavy atom. The van der Waals surface area contributed by atoms with Crippen molar-refractivity contribution in [3.8, 4) is 11.5 Å². The Balaban J connectivity index is 1.69. The summed E-state index contributed by atoms with van der Waals surface area (Å²) in [6.45, 7) is 7.16. The molecule has 3 amide bonds. The van der Waals surface area contributed by atoms with E-state index in [0.717, 1.165) is 11.1 Å². The lowest BCUT2D eigenvalue weighted by atomic mass is 10.00. The normalized spacial score (nSPS) is 12.5. The Bertz CT molecular complexity index is 1320. The summed E-state index contributed by atoms with van der Waals surface area (Å²) in [6.07, 6.45) is 0.654. The van der Waals surface area contributed by atoms with Crippen LogP contribution in [0.25, 0.3) is 0 Å². The second kappa shape index (κ2) is 13.6. The average molecular weight is 546 g/mol. The van der Waals surface area contributed by atoms with Gasteiger partial charge in [-0.2, -0.15) is 0 Å². The third-order valence-electron chi connectivity index (χ3n) is 6.42. The molecule has 9 nitrogen and oxygen atoms in total. The highest BCUT2D eigenvalue weighted by Gasteiger charge is 2.32. The molecule has 0 radical (unpaired) electrons. The number of amides is 3. The van der Waals surface area contributed by atoms with Crippen LogP contribution < -0.4 is 20.1 Å². The Hall–Kier alpha value is -4.37. The molecule has 1 atom stereocenters. The standard InChI is InChI=1S/C31H35N3O6/c1-4-38-17-5-16-32-30(36)29(24-9-6-21(2)7-10-24)34(19-23-8-15-27-28(18-23)40-20-39-27)31(37)25-11-13-26(14-12-25)33-22(3)35/h6-15,18,29H,4-5,16-17,19-20H2,1-3H3,(H,32,36)(H,33,35)/t29-/m0/s1. The van der Waals surface area contributed by atoms with Crippen molar-refractivity contribution < 1.29 is 28.6 Å². The number of hydrogen-bond acceptors (Lipinski definition) is 6. The second-order valence-electron chi connectivity index (χ2n) is 9.53. The summed E-state index contributed by atoms with van der Waals surface area (Å²) in [6, 6.07) is 18.8. The summed E-state index contributed by atoms with van der Waals surface area (Å²) >= 11 is 0. The van der Waals surface area contributed by atoms with Gasteiger partial charge in [0.1, 0.15) is 6.04 Å². The highest BCUT2D eigenvalue weighted by atomic mass is 16.7. The molecule has 9 heteroatoms. The summed E-state index contributed by atoms with van der Waals surface area (Å²) < 4.78 is 16.4. The maximum atomic E-state index is 14.1. The van der Waals surface area contributed by atoms with Crippen LogP contribution in [0.5, 0.6) is 11.5 Å². The highest BCUT2D eigenvalue weighted by molar-refractivity contribution is 5.98. The van der Waals surface area contributed by atoms with Crippen molar-refractivity contribution in [2.75, 3.05) is 31.9 Å². The van der Waals surface area contributed by atoms with Gasteiger partial charge in [0.25, 0.3) is 5.91 Å². The molecule has 0 saturated heterocycles. The van der Waals surface area contributed by atoms with E-state index in [1.54, 1.807) is 35.2 Å². The van der Waals surface area contributed by atoms with Gasteiger partial charge in [-0.3, -0.25) is 14.4 Å². The molecule has 3 aromatic rings. The van der Waals surface area contributed by atoms with Crippen LogP contribution in [0, 0.1) is 6.92 Å². The van der Waals surface area contributed by atoms with Gasteiger partial charge in [0, 0.05) is 44.5 Å². The molecule has 3 aromatic carbocycles. The molecule has 40 heavy (non-hydrogen) atoms. The zero-order chi connectivity index (χ0) is 28.5. The van der Waals surface area contributed by atoms with Crippen LogP contribution in [-0.2, 0) is 20.9 Å². The topological polar surface area (TPSA) is 106 Å². The van der Waals surface area contributed by atoms with Crippen molar-refractivity contribution in [1.29, 1.82) is 0 Å². The number of ether oxygens (including phenoxy) is 3. The summed E-state index contributed by atoms with van der Waals surface area (Å²) in [7, 11) is 0. The van der Waals surface area contributed by atoms with E-state index in [-0.39, 0.29) is 31.1 Å². The zero-order valence-electron chi connectivity index (χ0n) is 23.1. The van der Waals surface area contributed by atoms with Crippen LogP contribution in [0.2, 0.25) is 0 Å². The SMILES string of the molecule is CCOCCCNC(=O)[C@H](c1ccc(C)cc1)N(Cc1ccc2c(c1)OCO2)C(=O)c1ccc(NC(C)=O)cc1. The van der Waals surface area contributed by atoms with Crippen LogP contribution in [-0.4, -0.2) is 49.2 Å². The molecule has 0 fully saturated rings. The monoisotopic (exact) mass is 545 g/mol. The van der Waals surface area contributed by atoms with Gasteiger partial charge >= 0.3 is 0 Å². The molecule has 0 saturated carbocycles. The number of fused-ring (bicyclic) bond motifs is 1. The molecule has 0 spiro atoms. The van der Waals surface area contributed by atoms with E-state index in [1.807, 2.05) is 50.2 Å². The van der Waals surface area contributed by atoms with E-state index in [9.17, 15) is 14.4 Å². The van der Waals surface area contributed by atoms with Gasteiger partial charge in [-0.05, 0) is 67.8 Å². The Kier molecular flexibility index (Phi) is 9.75. The van der Waals surface area contributed by atoms with E-state index in [4.69, 9.17) is 14.2 Å². The molecule has 4 rings (SSSR count). The number of hydrogen-bond donors (Lipinski definition) is 2. The fourth-order valence-electron chi connectivity index (χ4n) is 4.43. The molecule has 1 aliphatic heterocycles. The first kappa shape index (κ1) is 28.6. The third-order valence-corrected chi connectivity index (χ3v) is 6.42. The smallest absolute Gasteiger partial charge is 0.255 e. The minimum absolute atomic E-state index is 0.137. The summed E-state index contributed by atoms with van der Waals surface area (Å²) in [4.78, 5) is 40.9. The van der Waals surface area contributed by atoms with Crippen LogP contribution in [0.3, 0.4) is 0 Å². The number of carbonyl (C=O) groups is 3. The Morgan fingerprint density at radius 2 is 1.70 bits per heavy atom. The number of nitrogens with zero attached hydrogens (tertiary/aromatic N) is 1. The van der Waals surface area contributed by atoms with Crippen molar-refractivity contribution >= 4 is 23.4 Å². The average Bonchev–Trinajstić information content (AvgIpc) is 3.41. The van der Waals surface area contributed by atoms with E-state index < -0.39 is 6.04 Å². The third kappa shape index (κ3) is 7.39. The maximum absolute atomic E-state index is 14.1. The van der Waals surface area contributed by atoms with Crippen molar-refractivity contribution in [3.05, 3.63) is 89.0 Å². The first-order valence-electron chi connectivity index (χ1n) is 13.3. The van der Waals surface area contributed by atoms with Gasteiger partial charge < -0.3 is 29.7 Å². The van der Waals surface area contributed by atoms with Crippen molar-refractivity contribution in [1.82, 2.24) is 10.2 Å². The maximum Gasteiger partial charge on any atom is 0.255 e. The molecule has 210 valence electrons. The lowest BCUT2D eigenvalue weighted by Gasteiger charge is -2.32. The number of nitrogens with one attached hydrogen (secondary N) is 2. The summed E-state index contributed by atoms with van der Waals surface area (Å²) in [5, 5.41) is 5.70. The first-order chi connectivity index (χ1) is 19.4. The van der Waals surface area contributed by atoms with Crippen LogP contribution >= 0.6 is 0 Å². The lowest BCUT2D eigenvalue weighted by Crippen LogP contribution is -2.43. The summed E-state index contributed by atoms with van der Waals surface area (Å²) in [5.41, 5.74) is 3.48. The predicted molar refractivity (Wildman–Crippen MR) is 151 cm³/mol. The first-order valence-corrected chi connectivity index (χ1v) is 13.3. The molecule has 1 heterocycles. The molecular formula is C31H35N3O6. The fraction of sp³-hybridized carbons (Fsp3) is 0.323. The minimum atomic E-state index is -0.902.